The van der Waals surface area contributed by atoms with Crippen molar-refractivity contribution in [1.29, 1.82) is 0 Å². The molecule has 5 heteroatoms. The van der Waals surface area contributed by atoms with Gasteiger partial charge in [0.15, 0.2) is 0 Å². The molecule has 1 nitrogen and oxygen atoms in total. The maximum absolute atomic E-state index is 9.64. The minimum absolute atomic E-state index is 0. The minimum Gasteiger partial charge on any atom is 0 e. The van der Waals surface area contributed by atoms with E-state index in [1.165, 1.54) is 6.08 Å². The van der Waals surface area contributed by atoms with Crippen molar-refractivity contribution < 1.29 is 38.2 Å². The van der Waals surface area contributed by atoms with Crippen molar-refractivity contribution in [3.8, 4) is 0 Å². The van der Waals surface area contributed by atoms with E-state index in [0.29, 0.717) is 0 Å². The molecule has 0 atom stereocenters. The molecule has 0 bridgehead atoms. The second-order valence-corrected chi connectivity index (χ2v) is 1.15. The Balaban J connectivity index is -0.0000000267. The van der Waals surface area contributed by atoms with Gasteiger partial charge in [-0.1, -0.05) is 0 Å². The van der Waals surface area contributed by atoms with Crippen LogP contribution in [0, 0.1) is 0 Å². The number of carbonyl (C=O) groups excluding carboxylic acids is 1. The molecule has 0 saturated heterocycles. The molecule has 0 aliphatic rings. The minimum atomic E-state index is -0.106. The van der Waals surface area contributed by atoms with E-state index in [1.54, 1.807) is 0 Å². The SMILES string of the molecule is C=C[C](=O)[Cr].[Cu].[Pb].[Sn]. The molecule has 9 radical (unpaired) electrons. The van der Waals surface area contributed by atoms with Crippen LogP contribution in [0.3, 0.4) is 0 Å². The van der Waals surface area contributed by atoms with E-state index in [-0.39, 0.29) is 72.9 Å². The van der Waals surface area contributed by atoms with Gasteiger partial charge in [0.2, 0.25) is 0 Å². The fraction of sp³-hybridized carbons (Fsp3) is 0. The number of hydrogen-bond acceptors (Lipinski definition) is 1. The smallest absolute Gasteiger partial charge is 0 e. The van der Waals surface area contributed by atoms with Gasteiger partial charge in [0.05, 0.1) is 0 Å². The number of rotatable bonds is 1. The molecule has 0 aromatic rings. The van der Waals surface area contributed by atoms with Crippen molar-refractivity contribution in [2.75, 3.05) is 0 Å². The molecule has 0 aromatic heterocycles. The third kappa shape index (κ3) is 24.1. The zero-order valence-corrected chi connectivity index (χ0v) is 12.9. The largest absolute Gasteiger partial charge is 0 e. The van der Waals surface area contributed by atoms with Crippen LogP contribution < -0.4 is 0 Å². The Kier molecular flexibility index (Phi) is 45.2. The average molecular weight is 497 g/mol. The second-order valence-electron chi connectivity index (χ2n) is 0.523. The summed E-state index contributed by atoms with van der Waals surface area (Å²) in [5, 5.41) is 0. The summed E-state index contributed by atoms with van der Waals surface area (Å²) in [5.41, 5.74) is 0. The predicted octanol–water partition coefficient (Wildman–Crippen LogP) is -0.518. The summed E-state index contributed by atoms with van der Waals surface area (Å²) in [4.78, 5) is 9.64. The first-order chi connectivity index (χ1) is 2.27. The van der Waals surface area contributed by atoms with Crippen LogP contribution in [0.5, 0.6) is 0 Å². The Morgan fingerprint density at radius 3 is 1.75 bits per heavy atom. The Morgan fingerprint density at radius 1 is 1.62 bits per heavy atom. The van der Waals surface area contributed by atoms with Gasteiger partial charge in [-0.15, -0.1) is 0 Å². The summed E-state index contributed by atoms with van der Waals surface area (Å²) in [6, 6.07) is 0. The molecule has 0 aliphatic carbocycles. The molecule has 8 heavy (non-hydrogen) atoms. The number of hydrogen-bond donors (Lipinski definition) is 0. The van der Waals surface area contributed by atoms with E-state index in [4.69, 9.17) is 0 Å². The molecule has 0 aromatic carbocycles. The maximum atomic E-state index is 9.64. The van der Waals surface area contributed by atoms with Crippen LogP contribution in [0.4, 0.5) is 0 Å². The third-order valence-corrected chi connectivity index (χ3v) is 0.427. The van der Waals surface area contributed by atoms with Crippen LogP contribution in [0.25, 0.3) is 0 Å². The first-order valence-corrected chi connectivity index (χ1v) is 1.74. The van der Waals surface area contributed by atoms with Crippen LogP contribution in [0.1, 0.15) is 0 Å². The topological polar surface area (TPSA) is 17.1 Å². The first kappa shape index (κ1) is 22.5. The summed E-state index contributed by atoms with van der Waals surface area (Å²) in [5.74, 6) is 0. The molecule has 0 fully saturated rings. The van der Waals surface area contributed by atoms with Crippen LogP contribution >= 0.6 is 0 Å². The van der Waals surface area contributed by atoms with Crippen LogP contribution in [0.2, 0.25) is 0 Å². The molecular weight excluding hydrogens is 493 g/mol. The van der Waals surface area contributed by atoms with Crippen LogP contribution in [0.15, 0.2) is 12.7 Å². The molecule has 0 heterocycles. The van der Waals surface area contributed by atoms with Gasteiger partial charge in [-0.25, -0.2) is 0 Å². The molecular formula is C3H3CrCuOPbSn. The zero-order valence-electron chi connectivity index (χ0n) is 3.90. The first-order valence-electron chi connectivity index (χ1n) is 1.11. The monoisotopic (exact) mass is 498 g/mol. The van der Waals surface area contributed by atoms with E-state index in [2.05, 4.69) is 22.9 Å². The van der Waals surface area contributed by atoms with Crippen molar-refractivity contribution >= 4 is 55.9 Å². The van der Waals surface area contributed by atoms with Gasteiger partial charge < -0.3 is 0 Å². The third-order valence-electron chi connectivity index (χ3n) is 0.167. The zero-order chi connectivity index (χ0) is 4.28. The molecule has 0 aliphatic heterocycles. The van der Waals surface area contributed by atoms with Gasteiger partial charge in [0, 0.05) is 68.3 Å². The molecule has 0 rings (SSSR count). The molecule has 0 N–H and O–H groups in total. The Hall–Kier alpha value is 2.18. The van der Waals surface area contributed by atoms with Crippen molar-refractivity contribution in [1.82, 2.24) is 0 Å². The summed E-state index contributed by atoms with van der Waals surface area (Å²) in [7, 11) is 0. The van der Waals surface area contributed by atoms with Gasteiger partial charge in [-0.05, 0) is 0 Å². The summed E-state index contributed by atoms with van der Waals surface area (Å²) >= 11 is 2.23. The molecule has 0 saturated carbocycles. The van der Waals surface area contributed by atoms with Crippen molar-refractivity contribution in [3.05, 3.63) is 12.7 Å². The molecule has 0 unspecified atom stereocenters. The number of allylic oxidation sites excluding steroid dienone is 1. The molecule has 0 amide bonds. The Labute approximate surface area is 105 Å². The predicted molar refractivity (Wildman–Crippen MR) is 26.7 cm³/mol. The van der Waals surface area contributed by atoms with Crippen LogP contribution in [-0.2, 0) is 38.2 Å². The molecule has 46 valence electrons. The maximum Gasteiger partial charge on any atom is 0 e. The molecule has 0 spiro atoms. The van der Waals surface area contributed by atoms with Crippen molar-refractivity contribution in [2.24, 2.45) is 0 Å². The fourth-order valence-electron chi connectivity index (χ4n) is 0. The summed E-state index contributed by atoms with van der Waals surface area (Å²) < 4.78 is -0.106. The standard InChI is InChI=1S/C3H3O.Cr.Cu.Pb.Sn/c1-2-3-4;;;;/h2H,1H2;;;;. The second kappa shape index (κ2) is 16.1. The van der Waals surface area contributed by atoms with Gasteiger partial charge in [0.1, 0.15) is 0 Å². The van der Waals surface area contributed by atoms with Gasteiger partial charge in [-0.3, -0.25) is 0 Å². The van der Waals surface area contributed by atoms with Crippen molar-refractivity contribution in [2.45, 2.75) is 0 Å². The van der Waals surface area contributed by atoms with Crippen molar-refractivity contribution in [3.63, 3.8) is 0 Å². The van der Waals surface area contributed by atoms with Gasteiger partial charge in [-0.2, -0.15) is 0 Å². The Morgan fingerprint density at radius 2 is 1.75 bits per heavy atom. The quantitative estimate of drug-likeness (QED) is 0.353. The normalized spacial score (nSPS) is 4.00. The van der Waals surface area contributed by atoms with Gasteiger partial charge >= 0.3 is 38.4 Å². The van der Waals surface area contributed by atoms with Crippen LogP contribution in [-0.4, -0.2) is 55.9 Å². The average Bonchev–Trinajstić information content (AvgIpc) is 1.38. The Bertz CT molecular complexity index is 70.3. The van der Waals surface area contributed by atoms with E-state index in [0.717, 1.165) is 0 Å². The summed E-state index contributed by atoms with van der Waals surface area (Å²) in [6.45, 7) is 3.18. The fourth-order valence-corrected chi connectivity index (χ4v) is 0. The van der Waals surface area contributed by atoms with E-state index < -0.39 is 0 Å². The van der Waals surface area contributed by atoms with E-state index in [1.807, 2.05) is 0 Å². The number of carbonyl (C=O) groups is 1. The van der Waals surface area contributed by atoms with E-state index >= 15 is 0 Å². The van der Waals surface area contributed by atoms with Gasteiger partial charge in [0.25, 0.3) is 0 Å². The summed E-state index contributed by atoms with van der Waals surface area (Å²) in [6.07, 6.45) is 1.22. The van der Waals surface area contributed by atoms with E-state index in [9.17, 15) is 4.79 Å².